The fraction of sp³-hybridized carbons (Fsp3) is 0.529. The van der Waals surface area contributed by atoms with E-state index < -0.39 is 24.0 Å². The number of nitrogens with zero attached hydrogens (tertiary/aromatic N) is 1. The van der Waals surface area contributed by atoms with Crippen LogP contribution in [0.1, 0.15) is 37.9 Å². The highest BCUT2D eigenvalue weighted by Gasteiger charge is 2.42. The highest BCUT2D eigenvalue weighted by Crippen LogP contribution is 2.37. The minimum atomic E-state index is -0.906. The van der Waals surface area contributed by atoms with Crippen molar-refractivity contribution in [3.8, 4) is 0 Å². The monoisotopic (exact) mass is 305 g/mol. The van der Waals surface area contributed by atoms with Gasteiger partial charge in [0.15, 0.2) is 0 Å². The molecule has 1 heterocycles. The van der Waals surface area contributed by atoms with Gasteiger partial charge in [-0.3, -0.25) is 9.59 Å². The van der Waals surface area contributed by atoms with Crippen LogP contribution in [-0.2, 0) is 20.7 Å². The van der Waals surface area contributed by atoms with Crippen LogP contribution in [0.3, 0.4) is 0 Å². The van der Waals surface area contributed by atoms with Crippen LogP contribution < -0.4 is 0 Å². The van der Waals surface area contributed by atoms with Crippen molar-refractivity contribution in [1.82, 2.24) is 4.90 Å². The minimum Gasteiger partial charge on any atom is -0.466 e. The summed E-state index contributed by atoms with van der Waals surface area (Å²) in [4.78, 5) is 26.0. The number of carbonyl (C=O) groups is 2. The summed E-state index contributed by atoms with van der Waals surface area (Å²) in [5.74, 6) is -1.36. The molecule has 5 nitrogen and oxygen atoms in total. The first-order valence-electron chi connectivity index (χ1n) is 7.67. The van der Waals surface area contributed by atoms with Crippen molar-refractivity contribution in [2.75, 3.05) is 13.2 Å². The zero-order valence-electron chi connectivity index (χ0n) is 13.3. The van der Waals surface area contributed by atoms with Gasteiger partial charge in [0.1, 0.15) is 5.92 Å². The van der Waals surface area contributed by atoms with Crippen LogP contribution in [0.5, 0.6) is 0 Å². The van der Waals surface area contributed by atoms with E-state index in [2.05, 4.69) is 0 Å². The van der Waals surface area contributed by atoms with Crippen molar-refractivity contribution >= 4 is 11.9 Å². The second-order valence-corrected chi connectivity index (χ2v) is 5.62. The van der Waals surface area contributed by atoms with Gasteiger partial charge in [-0.15, -0.1) is 0 Å². The fourth-order valence-corrected chi connectivity index (χ4v) is 3.17. The molecule has 0 spiro atoms. The van der Waals surface area contributed by atoms with Gasteiger partial charge < -0.3 is 14.7 Å². The molecule has 3 atom stereocenters. The molecule has 1 N–H and O–H groups in total. The van der Waals surface area contributed by atoms with Crippen LogP contribution in [0.25, 0.3) is 0 Å². The van der Waals surface area contributed by atoms with Gasteiger partial charge in [-0.05, 0) is 31.4 Å². The first-order chi connectivity index (χ1) is 10.5. The second-order valence-electron chi connectivity index (χ2n) is 5.62. The number of carbonyl (C=O) groups excluding carboxylic acids is 2. The molecule has 2 rings (SSSR count). The highest BCUT2D eigenvalue weighted by atomic mass is 16.5. The number of aliphatic hydroxyl groups excluding tert-OH is 1. The molecule has 1 aromatic carbocycles. The molecule has 0 radical (unpaired) electrons. The maximum Gasteiger partial charge on any atom is 0.314 e. The van der Waals surface area contributed by atoms with Crippen LogP contribution in [0.4, 0.5) is 0 Å². The zero-order valence-corrected chi connectivity index (χ0v) is 13.3. The van der Waals surface area contributed by atoms with Gasteiger partial charge in [-0.25, -0.2) is 0 Å². The van der Waals surface area contributed by atoms with E-state index in [1.165, 1.54) is 6.92 Å². The number of hydrogen-bond donors (Lipinski definition) is 1. The van der Waals surface area contributed by atoms with Crippen molar-refractivity contribution in [3.63, 3.8) is 0 Å². The Labute approximate surface area is 130 Å². The lowest BCUT2D eigenvalue weighted by atomic mass is 9.82. The molecule has 3 unspecified atom stereocenters. The standard InChI is InChI=1S/C17H23NO4/c1-4-22-17(21)15(11(2)19)16-14-8-6-5-7-13(14)9-10-18(16)12(3)20/h5-8,11,15-16,19H,4,9-10H2,1-3H3. The number of fused-ring (bicyclic) bond motifs is 1. The number of aliphatic hydroxyl groups is 1. The fourth-order valence-electron chi connectivity index (χ4n) is 3.17. The van der Waals surface area contributed by atoms with E-state index in [1.54, 1.807) is 18.7 Å². The molecule has 0 bridgehead atoms. The molecular formula is C17H23NO4. The molecule has 0 aliphatic carbocycles. The Morgan fingerprint density at radius 3 is 2.68 bits per heavy atom. The highest BCUT2D eigenvalue weighted by molar-refractivity contribution is 5.78. The SMILES string of the molecule is CCOC(=O)C(C(C)O)C1c2ccccc2CCN1C(C)=O. The largest absolute Gasteiger partial charge is 0.466 e. The van der Waals surface area contributed by atoms with Crippen molar-refractivity contribution in [3.05, 3.63) is 35.4 Å². The van der Waals surface area contributed by atoms with Gasteiger partial charge in [0.05, 0.1) is 18.8 Å². The van der Waals surface area contributed by atoms with Crippen molar-refractivity contribution in [2.45, 2.75) is 39.3 Å². The Morgan fingerprint density at radius 1 is 1.41 bits per heavy atom. The Balaban J connectivity index is 2.49. The molecule has 0 saturated carbocycles. The third-order valence-electron chi connectivity index (χ3n) is 4.15. The third-order valence-corrected chi connectivity index (χ3v) is 4.15. The van der Waals surface area contributed by atoms with E-state index in [4.69, 9.17) is 4.74 Å². The second kappa shape index (κ2) is 6.92. The smallest absolute Gasteiger partial charge is 0.314 e. The van der Waals surface area contributed by atoms with Gasteiger partial charge in [0, 0.05) is 13.5 Å². The first-order valence-corrected chi connectivity index (χ1v) is 7.67. The van der Waals surface area contributed by atoms with Crippen LogP contribution in [0.2, 0.25) is 0 Å². The van der Waals surface area contributed by atoms with Gasteiger partial charge >= 0.3 is 5.97 Å². The summed E-state index contributed by atoms with van der Waals surface area (Å²) in [6.07, 6.45) is -0.154. The number of rotatable bonds is 4. The van der Waals surface area contributed by atoms with Gasteiger partial charge in [0.25, 0.3) is 0 Å². The Hall–Kier alpha value is -1.88. The van der Waals surface area contributed by atoms with Crippen LogP contribution >= 0.6 is 0 Å². The van der Waals surface area contributed by atoms with E-state index in [-0.39, 0.29) is 12.5 Å². The minimum absolute atomic E-state index is 0.102. The number of hydrogen-bond acceptors (Lipinski definition) is 4. The van der Waals surface area contributed by atoms with Gasteiger partial charge in [-0.2, -0.15) is 0 Å². The van der Waals surface area contributed by atoms with Crippen LogP contribution in [0.15, 0.2) is 24.3 Å². The topological polar surface area (TPSA) is 66.8 Å². The molecule has 5 heteroatoms. The van der Waals surface area contributed by atoms with E-state index >= 15 is 0 Å². The Bertz CT molecular complexity index is 555. The molecule has 1 aliphatic rings. The lowest BCUT2D eigenvalue weighted by Crippen LogP contribution is -2.47. The van der Waals surface area contributed by atoms with Gasteiger partial charge in [0.2, 0.25) is 5.91 Å². The molecular weight excluding hydrogens is 282 g/mol. The molecule has 22 heavy (non-hydrogen) atoms. The predicted molar refractivity (Wildman–Crippen MR) is 82.1 cm³/mol. The summed E-state index contributed by atoms with van der Waals surface area (Å²) in [6, 6.07) is 7.27. The zero-order chi connectivity index (χ0) is 16.3. The third kappa shape index (κ3) is 3.14. The molecule has 1 aromatic rings. The number of benzene rings is 1. The summed E-state index contributed by atoms with van der Waals surface area (Å²) in [5.41, 5.74) is 2.03. The van der Waals surface area contributed by atoms with Crippen molar-refractivity contribution in [1.29, 1.82) is 0 Å². The Kier molecular flexibility index (Phi) is 5.19. The first kappa shape index (κ1) is 16.5. The van der Waals surface area contributed by atoms with Crippen LogP contribution in [0, 0.1) is 5.92 Å². The summed E-state index contributed by atoms with van der Waals surface area (Å²) < 4.78 is 5.12. The van der Waals surface area contributed by atoms with Crippen molar-refractivity contribution in [2.24, 2.45) is 5.92 Å². The molecule has 0 saturated heterocycles. The van der Waals surface area contributed by atoms with E-state index in [0.717, 1.165) is 17.5 Å². The van der Waals surface area contributed by atoms with Crippen LogP contribution in [-0.4, -0.2) is 41.1 Å². The normalized spacial score (nSPS) is 20.0. The summed E-state index contributed by atoms with van der Waals surface area (Å²) >= 11 is 0. The molecule has 0 aromatic heterocycles. The number of amides is 1. The Morgan fingerprint density at radius 2 is 2.09 bits per heavy atom. The number of ether oxygens (including phenoxy) is 1. The average Bonchev–Trinajstić information content (AvgIpc) is 2.47. The average molecular weight is 305 g/mol. The summed E-state index contributed by atoms with van der Waals surface area (Å²) in [7, 11) is 0. The maximum absolute atomic E-state index is 12.3. The van der Waals surface area contributed by atoms with E-state index in [0.29, 0.717) is 6.54 Å². The quantitative estimate of drug-likeness (QED) is 0.860. The molecule has 1 aliphatic heterocycles. The maximum atomic E-state index is 12.3. The lowest BCUT2D eigenvalue weighted by molar-refractivity contribution is -0.157. The van der Waals surface area contributed by atoms with E-state index in [9.17, 15) is 14.7 Å². The van der Waals surface area contributed by atoms with Gasteiger partial charge in [-0.1, -0.05) is 24.3 Å². The molecule has 120 valence electrons. The summed E-state index contributed by atoms with van der Waals surface area (Å²) in [5, 5.41) is 10.1. The van der Waals surface area contributed by atoms with E-state index in [1.807, 2.05) is 24.3 Å². The predicted octanol–water partition coefficient (Wildman–Crippen LogP) is 1.69. The number of esters is 1. The molecule has 1 amide bonds. The lowest BCUT2D eigenvalue weighted by Gasteiger charge is -2.41. The summed E-state index contributed by atoms with van der Waals surface area (Å²) in [6.45, 7) is 5.58. The molecule has 0 fully saturated rings. The van der Waals surface area contributed by atoms with Crippen molar-refractivity contribution < 1.29 is 19.4 Å².